The second kappa shape index (κ2) is 5.34. The summed E-state index contributed by atoms with van der Waals surface area (Å²) in [4.78, 5) is 15.1. The Morgan fingerprint density at radius 2 is 2.43 bits per heavy atom. The molecule has 76 valence electrons. The Hall–Kier alpha value is -1.42. The maximum absolute atomic E-state index is 11.0. The predicted octanol–water partition coefficient (Wildman–Crippen LogP) is 1.03. The number of nitrogens with zero attached hydrogens (tertiary/aromatic N) is 1. The number of nitrogens with two attached hydrogens (primary N) is 1. The predicted molar refractivity (Wildman–Crippen MR) is 52.4 cm³/mol. The molecule has 0 saturated heterocycles. The molecule has 1 unspecified atom stereocenters. The van der Waals surface area contributed by atoms with E-state index in [0.717, 1.165) is 5.69 Å². The van der Waals surface area contributed by atoms with Crippen LogP contribution in [0.3, 0.4) is 0 Å². The topological polar surface area (TPSA) is 65.2 Å². The van der Waals surface area contributed by atoms with Gasteiger partial charge in [0.15, 0.2) is 0 Å². The van der Waals surface area contributed by atoms with Gasteiger partial charge in [0, 0.05) is 6.20 Å². The summed E-state index contributed by atoms with van der Waals surface area (Å²) in [5.74, 6) is -0.400. The summed E-state index contributed by atoms with van der Waals surface area (Å²) in [5.41, 5.74) is 5.92. The van der Waals surface area contributed by atoms with Gasteiger partial charge in [-0.25, -0.2) is 0 Å². The molecule has 0 aliphatic carbocycles. The number of ether oxygens (including phenoxy) is 1. The van der Waals surface area contributed by atoms with E-state index < -0.39 is 5.97 Å². The molecule has 1 heterocycles. The molecule has 0 bridgehead atoms. The van der Waals surface area contributed by atoms with E-state index in [0.29, 0.717) is 6.42 Å². The van der Waals surface area contributed by atoms with Crippen LogP contribution in [-0.2, 0) is 9.53 Å². The summed E-state index contributed by atoms with van der Waals surface area (Å²) in [6.07, 6.45) is 2.09. The molecule has 0 radical (unpaired) electrons. The summed E-state index contributed by atoms with van der Waals surface area (Å²) < 4.78 is 5.11. The fourth-order valence-corrected chi connectivity index (χ4v) is 1.13. The fourth-order valence-electron chi connectivity index (χ4n) is 1.13. The number of esters is 1. The van der Waals surface area contributed by atoms with E-state index >= 15 is 0 Å². The third-order valence-corrected chi connectivity index (χ3v) is 1.83. The molecule has 4 heteroatoms. The lowest BCUT2D eigenvalue weighted by atomic mass is 10.2. The molecule has 14 heavy (non-hydrogen) atoms. The minimum atomic E-state index is -0.400. The number of pyridine rings is 1. The monoisotopic (exact) mass is 194 g/mol. The highest BCUT2D eigenvalue weighted by atomic mass is 16.5. The molecule has 0 amide bonds. The van der Waals surface area contributed by atoms with E-state index in [-0.39, 0.29) is 12.6 Å². The number of carbonyl (C=O) groups is 1. The van der Waals surface area contributed by atoms with Crippen LogP contribution in [0.2, 0.25) is 0 Å². The molecule has 1 rings (SSSR count). The third kappa shape index (κ3) is 2.81. The van der Waals surface area contributed by atoms with Crippen LogP contribution >= 0.6 is 0 Å². The molecule has 1 atom stereocenters. The molecule has 0 aromatic carbocycles. The van der Waals surface area contributed by atoms with Gasteiger partial charge in [-0.15, -0.1) is 0 Å². The lowest BCUT2D eigenvalue weighted by Crippen LogP contribution is -2.19. The van der Waals surface area contributed by atoms with Gasteiger partial charge in [0.25, 0.3) is 0 Å². The Balaban J connectivity index is 2.68. The van der Waals surface area contributed by atoms with Gasteiger partial charge in [-0.2, -0.15) is 0 Å². The molecule has 0 fully saturated rings. The molecular weight excluding hydrogens is 180 g/mol. The van der Waals surface area contributed by atoms with Crippen LogP contribution in [0.15, 0.2) is 24.4 Å². The number of hydrogen-bond donors (Lipinski definition) is 1. The van der Waals surface area contributed by atoms with Crippen molar-refractivity contribution in [2.45, 2.75) is 19.4 Å². The second-order valence-electron chi connectivity index (χ2n) is 2.85. The molecule has 2 N–H and O–H groups in total. The number of carbonyl (C=O) groups excluding carboxylic acids is 1. The Kier molecular flexibility index (Phi) is 4.07. The summed E-state index contributed by atoms with van der Waals surface area (Å²) in [6.45, 7) is 1.84. The van der Waals surface area contributed by atoms with E-state index in [2.05, 4.69) is 4.98 Å². The van der Waals surface area contributed by atoms with Gasteiger partial charge < -0.3 is 10.5 Å². The van der Waals surface area contributed by atoms with Gasteiger partial charge in [-0.1, -0.05) is 13.0 Å². The lowest BCUT2D eigenvalue weighted by molar-refractivity contribution is -0.148. The largest absolute Gasteiger partial charge is 0.455 e. The van der Waals surface area contributed by atoms with Gasteiger partial charge in [-0.3, -0.25) is 9.78 Å². The molecule has 0 aliphatic heterocycles. The first-order chi connectivity index (χ1) is 6.77. The summed E-state index contributed by atoms with van der Waals surface area (Å²) in [5, 5.41) is 0. The van der Waals surface area contributed by atoms with Crippen molar-refractivity contribution in [3.8, 4) is 0 Å². The van der Waals surface area contributed by atoms with Crippen molar-refractivity contribution >= 4 is 5.97 Å². The normalized spacial score (nSPS) is 12.1. The van der Waals surface area contributed by atoms with Gasteiger partial charge in [-0.05, 0) is 18.6 Å². The van der Waals surface area contributed by atoms with Gasteiger partial charge >= 0.3 is 5.97 Å². The van der Waals surface area contributed by atoms with Crippen molar-refractivity contribution in [1.82, 2.24) is 4.98 Å². The molecular formula is C10H14N2O2. The number of aromatic nitrogens is 1. The SMILES string of the molecule is CCC(OC(=O)CN)c1ccccn1. The highest BCUT2D eigenvalue weighted by Gasteiger charge is 2.14. The Bertz CT molecular complexity index is 287. The minimum absolute atomic E-state index is 0.0939. The third-order valence-electron chi connectivity index (χ3n) is 1.83. The average molecular weight is 194 g/mol. The van der Waals surface area contributed by atoms with Gasteiger partial charge in [0.05, 0.1) is 12.2 Å². The van der Waals surface area contributed by atoms with Crippen LogP contribution in [0.25, 0.3) is 0 Å². The van der Waals surface area contributed by atoms with E-state index in [1.54, 1.807) is 6.20 Å². The number of rotatable bonds is 4. The first-order valence-electron chi connectivity index (χ1n) is 4.58. The zero-order valence-corrected chi connectivity index (χ0v) is 8.14. The zero-order valence-electron chi connectivity index (χ0n) is 8.14. The van der Waals surface area contributed by atoms with E-state index in [1.165, 1.54) is 0 Å². The maximum atomic E-state index is 11.0. The van der Waals surface area contributed by atoms with Gasteiger partial charge in [0.2, 0.25) is 0 Å². The van der Waals surface area contributed by atoms with Crippen molar-refractivity contribution in [3.05, 3.63) is 30.1 Å². The van der Waals surface area contributed by atoms with E-state index in [4.69, 9.17) is 10.5 Å². The fraction of sp³-hybridized carbons (Fsp3) is 0.400. The summed E-state index contributed by atoms with van der Waals surface area (Å²) in [7, 11) is 0. The van der Waals surface area contributed by atoms with Crippen molar-refractivity contribution in [3.63, 3.8) is 0 Å². The summed E-state index contributed by atoms with van der Waals surface area (Å²) in [6, 6.07) is 5.51. The minimum Gasteiger partial charge on any atom is -0.455 e. The van der Waals surface area contributed by atoms with Gasteiger partial charge in [0.1, 0.15) is 6.10 Å². The number of hydrogen-bond acceptors (Lipinski definition) is 4. The Morgan fingerprint density at radius 1 is 1.64 bits per heavy atom. The summed E-state index contributed by atoms with van der Waals surface area (Å²) >= 11 is 0. The van der Waals surface area contributed by atoms with Crippen LogP contribution in [-0.4, -0.2) is 17.5 Å². The second-order valence-corrected chi connectivity index (χ2v) is 2.85. The Morgan fingerprint density at radius 3 is 2.93 bits per heavy atom. The molecule has 0 saturated carbocycles. The van der Waals surface area contributed by atoms with Crippen LogP contribution < -0.4 is 5.73 Å². The standard InChI is InChI=1S/C10H14N2O2/c1-2-9(14-10(13)7-11)8-5-3-4-6-12-8/h3-6,9H,2,7,11H2,1H3. The van der Waals surface area contributed by atoms with Crippen LogP contribution in [0.1, 0.15) is 25.1 Å². The lowest BCUT2D eigenvalue weighted by Gasteiger charge is -2.14. The van der Waals surface area contributed by atoms with Crippen molar-refractivity contribution in [1.29, 1.82) is 0 Å². The van der Waals surface area contributed by atoms with Crippen molar-refractivity contribution in [2.24, 2.45) is 5.73 Å². The van der Waals surface area contributed by atoms with E-state index in [9.17, 15) is 4.79 Å². The highest BCUT2D eigenvalue weighted by molar-refractivity contribution is 5.71. The smallest absolute Gasteiger partial charge is 0.320 e. The maximum Gasteiger partial charge on any atom is 0.320 e. The molecule has 0 aliphatic rings. The van der Waals surface area contributed by atoms with E-state index in [1.807, 2.05) is 25.1 Å². The van der Waals surface area contributed by atoms with Crippen LogP contribution in [0.4, 0.5) is 0 Å². The van der Waals surface area contributed by atoms with Crippen molar-refractivity contribution < 1.29 is 9.53 Å². The van der Waals surface area contributed by atoms with Crippen LogP contribution in [0.5, 0.6) is 0 Å². The molecule has 0 spiro atoms. The Labute approximate surface area is 83.1 Å². The molecule has 1 aromatic rings. The molecule has 4 nitrogen and oxygen atoms in total. The quantitative estimate of drug-likeness (QED) is 0.727. The first kappa shape index (κ1) is 10.7. The average Bonchev–Trinajstić information content (AvgIpc) is 2.26. The highest BCUT2D eigenvalue weighted by Crippen LogP contribution is 2.17. The molecule has 1 aromatic heterocycles. The zero-order chi connectivity index (χ0) is 10.4. The van der Waals surface area contributed by atoms with Crippen molar-refractivity contribution in [2.75, 3.05) is 6.54 Å². The van der Waals surface area contributed by atoms with Crippen LogP contribution in [0, 0.1) is 0 Å². The first-order valence-corrected chi connectivity index (χ1v) is 4.58.